The van der Waals surface area contributed by atoms with Crippen LogP contribution < -0.4 is 5.32 Å². The van der Waals surface area contributed by atoms with Crippen molar-refractivity contribution in [2.45, 2.75) is 57.5 Å². The van der Waals surface area contributed by atoms with E-state index in [2.05, 4.69) is 24.2 Å². The number of nitrogens with zero attached hydrogens (tertiary/aromatic N) is 2. The van der Waals surface area contributed by atoms with Crippen molar-refractivity contribution < 1.29 is 4.79 Å². The first-order valence-corrected chi connectivity index (χ1v) is 7.91. The third-order valence-electron chi connectivity index (χ3n) is 4.68. The smallest absolute Gasteiger partial charge is 0.239 e. The normalized spacial score (nSPS) is 25.8. The first kappa shape index (κ1) is 14.8. The van der Waals surface area contributed by atoms with Crippen molar-refractivity contribution in [3.05, 3.63) is 0 Å². The van der Waals surface area contributed by atoms with Gasteiger partial charge in [-0.2, -0.15) is 0 Å². The topological polar surface area (TPSA) is 35.6 Å². The van der Waals surface area contributed by atoms with Gasteiger partial charge in [0.1, 0.15) is 0 Å². The largest absolute Gasteiger partial charge is 0.341 e. The summed E-state index contributed by atoms with van der Waals surface area (Å²) in [5.74, 6) is 0.316. The molecule has 1 N–H and O–H groups in total. The summed E-state index contributed by atoms with van der Waals surface area (Å²) in [6.07, 6.45) is 7.47. The summed E-state index contributed by atoms with van der Waals surface area (Å²) in [4.78, 5) is 16.6. The van der Waals surface area contributed by atoms with Crippen molar-refractivity contribution in [2.75, 3.05) is 33.2 Å². The first-order chi connectivity index (χ1) is 9.18. The van der Waals surface area contributed by atoms with Gasteiger partial charge < -0.3 is 10.2 Å². The maximum atomic E-state index is 12.3. The lowest BCUT2D eigenvalue weighted by Crippen LogP contribution is -2.46. The molecule has 4 nitrogen and oxygen atoms in total. The highest BCUT2D eigenvalue weighted by Gasteiger charge is 2.26. The second kappa shape index (κ2) is 7.25. The number of hydrogen-bond acceptors (Lipinski definition) is 3. The van der Waals surface area contributed by atoms with Gasteiger partial charge in [-0.1, -0.05) is 6.42 Å². The van der Waals surface area contributed by atoms with Crippen LogP contribution in [0.3, 0.4) is 0 Å². The van der Waals surface area contributed by atoms with Gasteiger partial charge in [0.05, 0.1) is 6.04 Å². The van der Waals surface area contributed by atoms with Crippen molar-refractivity contribution in [3.8, 4) is 0 Å². The number of amides is 1. The molecule has 2 fully saturated rings. The molecule has 19 heavy (non-hydrogen) atoms. The molecule has 0 aliphatic carbocycles. The molecular weight excluding hydrogens is 238 g/mol. The van der Waals surface area contributed by atoms with Gasteiger partial charge in [-0.3, -0.25) is 9.69 Å². The van der Waals surface area contributed by atoms with E-state index < -0.39 is 0 Å². The molecule has 2 atom stereocenters. The Bertz CT molecular complexity index is 283. The van der Waals surface area contributed by atoms with E-state index in [0.717, 1.165) is 32.6 Å². The number of piperidine rings is 1. The predicted octanol–water partition coefficient (Wildman–Crippen LogP) is 1.46. The number of likely N-dealkylation sites (tertiary alicyclic amines) is 1. The maximum Gasteiger partial charge on any atom is 0.239 e. The van der Waals surface area contributed by atoms with E-state index in [-0.39, 0.29) is 6.04 Å². The zero-order valence-electron chi connectivity index (χ0n) is 12.5. The second-order valence-corrected chi connectivity index (χ2v) is 6.12. The van der Waals surface area contributed by atoms with E-state index in [1.165, 1.54) is 32.1 Å². The van der Waals surface area contributed by atoms with Crippen LogP contribution >= 0.6 is 0 Å². The number of hydrogen-bond donors (Lipinski definition) is 1. The second-order valence-electron chi connectivity index (χ2n) is 6.12. The Kier molecular flexibility index (Phi) is 5.64. The molecule has 0 saturated carbocycles. The van der Waals surface area contributed by atoms with Crippen LogP contribution in [0.4, 0.5) is 0 Å². The van der Waals surface area contributed by atoms with Gasteiger partial charge in [0, 0.05) is 25.7 Å². The minimum Gasteiger partial charge on any atom is -0.341 e. The zero-order chi connectivity index (χ0) is 13.7. The number of carbonyl (C=O) groups is 1. The van der Waals surface area contributed by atoms with Gasteiger partial charge in [0.15, 0.2) is 0 Å². The average Bonchev–Trinajstić information content (AvgIpc) is 2.98. The van der Waals surface area contributed by atoms with Gasteiger partial charge in [0.25, 0.3) is 0 Å². The molecule has 2 unspecified atom stereocenters. The first-order valence-electron chi connectivity index (χ1n) is 7.91. The van der Waals surface area contributed by atoms with Gasteiger partial charge in [-0.25, -0.2) is 0 Å². The minimum absolute atomic E-state index is 0.0293. The fourth-order valence-electron chi connectivity index (χ4n) is 3.11. The number of likely N-dealkylation sites (N-methyl/N-ethyl adjacent to an activating group) is 1. The molecule has 2 aliphatic heterocycles. The fourth-order valence-corrected chi connectivity index (χ4v) is 3.11. The monoisotopic (exact) mass is 267 g/mol. The molecule has 0 spiro atoms. The third-order valence-corrected chi connectivity index (χ3v) is 4.68. The molecule has 0 radical (unpaired) electrons. The molecule has 110 valence electrons. The Hall–Kier alpha value is -0.610. The highest BCUT2D eigenvalue weighted by molar-refractivity contribution is 5.81. The summed E-state index contributed by atoms with van der Waals surface area (Å²) in [5, 5.41) is 3.58. The summed E-state index contributed by atoms with van der Waals surface area (Å²) in [5.41, 5.74) is 0. The zero-order valence-corrected chi connectivity index (χ0v) is 12.5. The Morgan fingerprint density at radius 3 is 2.68 bits per heavy atom. The SMILES string of the molecule is CC(C(=O)N1CCCC1)N(C)CCC1CCCCN1. The van der Waals surface area contributed by atoms with E-state index in [1.807, 2.05) is 4.90 Å². The number of nitrogens with one attached hydrogen (secondary N) is 1. The average molecular weight is 267 g/mol. The van der Waals surface area contributed by atoms with Crippen LogP contribution in [0.15, 0.2) is 0 Å². The Morgan fingerprint density at radius 1 is 1.32 bits per heavy atom. The van der Waals surface area contributed by atoms with E-state index in [4.69, 9.17) is 0 Å². The van der Waals surface area contributed by atoms with Crippen LogP contribution in [-0.4, -0.2) is 61.0 Å². The molecule has 0 aromatic heterocycles. The van der Waals surface area contributed by atoms with E-state index in [9.17, 15) is 4.79 Å². The van der Waals surface area contributed by atoms with Crippen molar-refractivity contribution in [3.63, 3.8) is 0 Å². The van der Waals surface area contributed by atoms with Crippen molar-refractivity contribution in [1.82, 2.24) is 15.1 Å². The molecular formula is C15H29N3O. The van der Waals surface area contributed by atoms with Gasteiger partial charge in [-0.15, -0.1) is 0 Å². The minimum atomic E-state index is 0.0293. The van der Waals surface area contributed by atoms with Crippen LogP contribution in [0.1, 0.15) is 45.4 Å². The lowest BCUT2D eigenvalue weighted by Gasteiger charge is -2.30. The predicted molar refractivity (Wildman–Crippen MR) is 78.2 cm³/mol. The Morgan fingerprint density at radius 2 is 2.05 bits per heavy atom. The molecule has 2 saturated heterocycles. The van der Waals surface area contributed by atoms with Crippen molar-refractivity contribution in [1.29, 1.82) is 0 Å². The summed E-state index contributed by atoms with van der Waals surface area (Å²) >= 11 is 0. The van der Waals surface area contributed by atoms with E-state index in [0.29, 0.717) is 11.9 Å². The summed E-state index contributed by atoms with van der Waals surface area (Å²) in [6.45, 7) is 6.15. The van der Waals surface area contributed by atoms with Crippen LogP contribution in [0.2, 0.25) is 0 Å². The highest BCUT2D eigenvalue weighted by atomic mass is 16.2. The van der Waals surface area contributed by atoms with Crippen LogP contribution in [0.5, 0.6) is 0 Å². The summed E-state index contributed by atoms with van der Waals surface area (Å²) in [7, 11) is 2.08. The number of carbonyl (C=O) groups excluding carboxylic acids is 1. The summed E-state index contributed by atoms with van der Waals surface area (Å²) < 4.78 is 0. The van der Waals surface area contributed by atoms with Crippen molar-refractivity contribution in [2.24, 2.45) is 0 Å². The molecule has 0 aromatic carbocycles. The van der Waals surface area contributed by atoms with Crippen LogP contribution in [-0.2, 0) is 4.79 Å². The number of rotatable bonds is 5. The molecule has 2 heterocycles. The molecule has 4 heteroatoms. The third kappa shape index (κ3) is 4.18. The van der Waals surface area contributed by atoms with Crippen molar-refractivity contribution >= 4 is 5.91 Å². The van der Waals surface area contributed by atoms with E-state index in [1.54, 1.807) is 0 Å². The molecule has 2 aliphatic rings. The fraction of sp³-hybridized carbons (Fsp3) is 0.933. The van der Waals surface area contributed by atoms with Crippen LogP contribution in [0, 0.1) is 0 Å². The summed E-state index contributed by atoms with van der Waals surface area (Å²) in [6, 6.07) is 0.687. The van der Waals surface area contributed by atoms with E-state index >= 15 is 0 Å². The maximum absolute atomic E-state index is 12.3. The molecule has 0 aromatic rings. The standard InChI is InChI=1S/C15H29N3O/c1-13(15(19)18-10-5-6-11-18)17(2)12-8-14-7-3-4-9-16-14/h13-14,16H,3-12H2,1-2H3. The highest BCUT2D eigenvalue weighted by Crippen LogP contribution is 2.14. The Balaban J connectivity index is 1.71. The molecule has 2 rings (SSSR count). The quantitative estimate of drug-likeness (QED) is 0.819. The van der Waals surface area contributed by atoms with Gasteiger partial charge in [-0.05, 0) is 52.6 Å². The van der Waals surface area contributed by atoms with Crippen LogP contribution in [0.25, 0.3) is 0 Å². The molecule has 1 amide bonds. The van der Waals surface area contributed by atoms with Gasteiger partial charge >= 0.3 is 0 Å². The lowest BCUT2D eigenvalue weighted by molar-refractivity contribution is -0.134. The molecule has 0 bridgehead atoms. The van der Waals surface area contributed by atoms with Gasteiger partial charge in [0.2, 0.25) is 5.91 Å². The Labute approximate surface area is 117 Å². The lowest BCUT2D eigenvalue weighted by atomic mass is 10.0.